The molecule has 5 atom stereocenters. The summed E-state index contributed by atoms with van der Waals surface area (Å²) >= 11 is 0. The quantitative estimate of drug-likeness (QED) is 0.361. The van der Waals surface area contributed by atoms with E-state index in [1.807, 2.05) is 13.8 Å². The van der Waals surface area contributed by atoms with Crippen LogP contribution in [0.4, 0.5) is 0 Å². The van der Waals surface area contributed by atoms with E-state index in [2.05, 4.69) is 20.8 Å². The van der Waals surface area contributed by atoms with Gasteiger partial charge in [0.05, 0.1) is 0 Å². The summed E-state index contributed by atoms with van der Waals surface area (Å²) in [5.41, 5.74) is 0.358. The minimum absolute atomic E-state index is 0.227. The third-order valence-electron chi connectivity index (χ3n) is 5.41. The second-order valence-corrected chi connectivity index (χ2v) is 13.2. The molecule has 0 N–H and O–H groups in total. The first kappa shape index (κ1) is 23.5. The minimum Gasteiger partial charge on any atom is -0.374 e. The van der Waals surface area contributed by atoms with Crippen molar-refractivity contribution in [3.8, 4) is 0 Å². The highest BCUT2D eigenvalue weighted by Crippen LogP contribution is 2.38. The molecular formula is C19H40O6Si2. The van der Waals surface area contributed by atoms with Gasteiger partial charge < -0.3 is 26.6 Å². The van der Waals surface area contributed by atoms with Crippen molar-refractivity contribution in [2.24, 2.45) is 0 Å². The van der Waals surface area contributed by atoms with Crippen molar-refractivity contribution in [1.82, 2.24) is 0 Å². The first-order valence-corrected chi connectivity index (χ1v) is 14.6. The molecule has 0 bridgehead atoms. The smallest absolute Gasteiger partial charge is 0.374 e. The highest BCUT2D eigenvalue weighted by Gasteiger charge is 2.51. The molecule has 0 aromatic carbocycles. The van der Waals surface area contributed by atoms with Crippen LogP contribution in [0.15, 0.2) is 0 Å². The van der Waals surface area contributed by atoms with E-state index in [4.69, 9.17) is 26.6 Å². The van der Waals surface area contributed by atoms with Crippen LogP contribution in [0.3, 0.4) is 0 Å². The van der Waals surface area contributed by atoms with Gasteiger partial charge in [-0.15, -0.1) is 0 Å². The summed E-state index contributed by atoms with van der Waals surface area (Å²) in [5.74, 6) is 0. The molecule has 0 spiro atoms. The van der Waals surface area contributed by atoms with Gasteiger partial charge in [-0.1, -0.05) is 13.3 Å². The molecule has 0 aromatic rings. The van der Waals surface area contributed by atoms with Gasteiger partial charge in [0.1, 0.15) is 0 Å². The van der Waals surface area contributed by atoms with Crippen LogP contribution in [0.1, 0.15) is 73.1 Å². The van der Waals surface area contributed by atoms with Gasteiger partial charge in [0.25, 0.3) is 0 Å². The minimum atomic E-state index is -2.59. The van der Waals surface area contributed by atoms with Crippen LogP contribution in [0.5, 0.6) is 0 Å². The van der Waals surface area contributed by atoms with Crippen LogP contribution in [0.25, 0.3) is 0 Å². The van der Waals surface area contributed by atoms with Gasteiger partial charge in [-0.2, -0.15) is 0 Å². The number of hydrogen-bond acceptors (Lipinski definition) is 6. The van der Waals surface area contributed by atoms with Gasteiger partial charge >= 0.3 is 17.6 Å². The van der Waals surface area contributed by atoms with Gasteiger partial charge in [0, 0.05) is 50.2 Å². The Morgan fingerprint density at radius 3 is 2.15 bits per heavy atom. The van der Waals surface area contributed by atoms with E-state index in [1.54, 1.807) is 0 Å². The molecule has 2 rings (SSSR count). The molecule has 5 unspecified atom stereocenters. The van der Waals surface area contributed by atoms with E-state index in [-0.39, 0.29) is 12.2 Å². The molecule has 2 fully saturated rings. The van der Waals surface area contributed by atoms with Crippen LogP contribution in [0.2, 0.25) is 11.6 Å². The third-order valence-corrected chi connectivity index (χ3v) is 12.2. The van der Waals surface area contributed by atoms with E-state index in [0.717, 1.165) is 57.8 Å². The van der Waals surface area contributed by atoms with Crippen molar-refractivity contribution in [3.63, 3.8) is 0 Å². The summed E-state index contributed by atoms with van der Waals surface area (Å²) in [4.78, 5) is 0. The molecule has 2 saturated heterocycles. The highest BCUT2D eigenvalue weighted by atomic mass is 28.4. The Kier molecular flexibility index (Phi) is 9.91. The fourth-order valence-corrected chi connectivity index (χ4v) is 10.3. The summed E-state index contributed by atoms with van der Waals surface area (Å²) in [6, 6.07) is 0.892. The topological polar surface area (TPSA) is 55.4 Å². The van der Waals surface area contributed by atoms with Crippen molar-refractivity contribution in [2.75, 3.05) is 26.4 Å². The molecule has 6 nitrogen and oxygen atoms in total. The molecule has 0 radical (unpaired) electrons. The maximum absolute atomic E-state index is 6.32. The van der Waals surface area contributed by atoms with Crippen LogP contribution in [-0.2, 0) is 26.6 Å². The molecule has 0 aliphatic carbocycles. The number of rotatable bonds is 11. The average molecular weight is 421 g/mol. The molecule has 2 heterocycles. The highest BCUT2D eigenvalue weighted by molar-refractivity contribution is 6.62. The fraction of sp³-hybridized carbons (Fsp3) is 1.00. The lowest BCUT2D eigenvalue weighted by molar-refractivity contribution is -0.0198. The van der Waals surface area contributed by atoms with E-state index < -0.39 is 17.6 Å². The Labute approximate surface area is 167 Å². The summed E-state index contributed by atoms with van der Waals surface area (Å²) in [7, 11) is -5.09. The SMILES string of the molecule is CCO[Si]1(CCCCC(CC)[Si]2(OCC)OCCC(C)O2)OCCC(C)O1. The summed E-state index contributed by atoms with van der Waals surface area (Å²) in [5, 5.41) is 0. The van der Waals surface area contributed by atoms with Crippen LogP contribution in [0, 0.1) is 0 Å². The van der Waals surface area contributed by atoms with E-state index in [0.29, 0.717) is 18.8 Å². The molecule has 27 heavy (non-hydrogen) atoms. The largest absolute Gasteiger partial charge is 0.504 e. The Hall–Kier alpha value is 0.194. The Morgan fingerprint density at radius 2 is 1.56 bits per heavy atom. The van der Waals surface area contributed by atoms with Crippen molar-refractivity contribution in [1.29, 1.82) is 0 Å². The molecule has 2 aliphatic heterocycles. The van der Waals surface area contributed by atoms with E-state index >= 15 is 0 Å². The summed E-state index contributed by atoms with van der Waals surface area (Å²) < 4.78 is 36.8. The maximum Gasteiger partial charge on any atom is 0.504 e. The fourth-order valence-electron chi connectivity index (χ4n) is 3.99. The first-order chi connectivity index (χ1) is 13.0. The van der Waals surface area contributed by atoms with E-state index in [1.165, 1.54) is 0 Å². The van der Waals surface area contributed by atoms with Crippen LogP contribution in [-0.4, -0.2) is 56.2 Å². The van der Waals surface area contributed by atoms with Crippen molar-refractivity contribution >= 4 is 17.6 Å². The van der Waals surface area contributed by atoms with Gasteiger partial charge in [0.2, 0.25) is 0 Å². The third kappa shape index (κ3) is 6.60. The standard InChI is InChI=1S/C19H40O6Si2/c1-6-19(27(21-8-3)23-15-13-18(5)25-27)11-9-10-16-26(20-7-2)22-14-12-17(4)24-26/h17-19H,6-16H2,1-5H3. The van der Waals surface area contributed by atoms with Crippen LogP contribution >= 0.6 is 0 Å². The normalized spacial score (nSPS) is 35.9. The maximum atomic E-state index is 6.32. The molecule has 0 aromatic heterocycles. The zero-order chi connectivity index (χ0) is 19.8. The number of unbranched alkanes of at least 4 members (excludes halogenated alkanes) is 1. The van der Waals surface area contributed by atoms with Gasteiger partial charge in [0.15, 0.2) is 0 Å². The summed E-state index contributed by atoms with van der Waals surface area (Å²) in [6.07, 6.45) is 6.58. The average Bonchev–Trinajstić information content (AvgIpc) is 2.62. The Bertz CT molecular complexity index is 421. The first-order valence-electron chi connectivity index (χ1n) is 10.9. The lowest BCUT2D eigenvalue weighted by atomic mass is 10.1. The predicted molar refractivity (Wildman–Crippen MR) is 110 cm³/mol. The Morgan fingerprint density at radius 1 is 0.889 bits per heavy atom. The second kappa shape index (κ2) is 11.4. The lowest BCUT2D eigenvalue weighted by Crippen LogP contribution is -2.55. The van der Waals surface area contributed by atoms with E-state index in [9.17, 15) is 0 Å². The summed E-state index contributed by atoms with van der Waals surface area (Å²) in [6.45, 7) is 13.3. The van der Waals surface area contributed by atoms with Crippen molar-refractivity contribution < 1.29 is 26.6 Å². The van der Waals surface area contributed by atoms with Gasteiger partial charge in [-0.05, 0) is 59.8 Å². The molecule has 160 valence electrons. The molecule has 0 saturated carbocycles. The monoisotopic (exact) mass is 420 g/mol. The van der Waals surface area contributed by atoms with Crippen molar-refractivity contribution in [3.05, 3.63) is 0 Å². The lowest BCUT2D eigenvalue weighted by Gasteiger charge is -2.41. The molecule has 2 aliphatic rings. The predicted octanol–water partition coefficient (Wildman–Crippen LogP) is 4.54. The second-order valence-electron chi connectivity index (χ2n) is 7.63. The molecule has 0 amide bonds. The van der Waals surface area contributed by atoms with Gasteiger partial charge in [-0.25, -0.2) is 0 Å². The molecular weight excluding hydrogens is 380 g/mol. The zero-order valence-corrected chi connectivity index (χ0v) is 20.0. The Balaban J connectivity index is 1.88. The molecule has 8 heteroatoms. The van der Waals surface area contributed by atoms with Crippen molar-refractivity contribution in [2.45, 2.75) is 96.9 Å². The van der Waals surface area contributed by atoms with Crippen LogP contribution < -0.4 is 0 Å². The number of hydrogen-bond donors (Lipinski definition) is 0. The van der Waals surface area contributed by atoms with Gasteiger partial charge in [-0.3, -0.25) is 0 Å². The zero-order valence-electron chi connectivity index (χ0n) is 18.0.